The molecule has 0 aliphatic carbocycles. The normalized spacial score (nSPS) is 10.3. The Morgan fingerprint density at radius 3 is 2.48 bits per heavy atom. The molecule has 1 amide bonds. The maximum absolute atomic E-state index is 12.4. The first kappa shape index (κ1) is 18.6. The fourth-order valence-corrected chi connectivity index (χ4v) is 2.75. The van der Waals surface area contributed by atoms with Crippen molar-refractivity contribution in [3.63, 3.8) is 0 Å². The second-order valence-electron chi connectivity index (χ2n) is 6.11. The largest absolute Gasteiger partial charge is 0.340 e. The molecule has 2 aromatic carbocycles. The number of nitrogens with one attached hydrogen (secondary N) is 2. The summed E-state index contributed by atoms with van der Waals surface area (Å²) >= 11 is 5.96. The first-order valence-corrected chi connectivity index (χ1v) is 8.72. The molecule has 27 heavy (non-hydrogen) atoms. The highest BCUT2D eigenvalue weighted by Crippen LogP contribution is 2.22. The van der Waals surface area contributed by atoms with Crippen LogP contribution in [0, 0.1) is 6.92 Å². The van der Waals surface area contributed by atoms with Gasteiger partial charge in [0.15, 0.2) is 5.78 Å². The summed E-state index contributed by atoms with van der Waals surface area (Å²) in [6, 6.07) is 15.8. The Hall–Kier alpha value is -3.18. The molecule has 1 aromatic heterocycles. The highest BCUT2D eigenvalue weighted by atomic mass is 35.5. The number of pyridine rings is 1. The highest BCUT2D eigenvalue weighted by molar-refractivity contribution is 6.30. The molecule has 1 heterocycles. The predicted octanol–water partition coefficient (Wildman–Crippen LogP) is 5.24. The van der Waals surface area contributed by atoms with Gasteiger partial charge in [0.2, 0.25) is 0 Å². The third kappa shape index (κ3) is 4.71. The summed E-state index contributed by atoms with van der Waals surface area (Å²) in [4.78, 5) is 28.1. The molecular formula is C21H18ClN3O2. The minimum absolute atomic E-state index is 0.0549. The van der Waals surface area contributed by atoms with Crippen LogP contribution in [0.5, 0.6) is 0 Å². The molecule has 0 saturated carbocycles. The summed E-state index contributed by atoms with van der Waals surface area (Å²) < 4.78 is 0. The molecule has 0 atom stereocenters. The summed E-state index contributed by atoms with van der Waals surface area (Å²) in [5.74, 6) is 0.272. The van der Waals surface area contributed by atoms with Gasteiger partial charge in [0, 0.05) is 28.2 Å². The number of ketones is 1. The minimum Gasteiger partial charge on any atom is -0.340 e. The lowest BCUT2D eigenvalue weighted by molar-refractivity contribution is 0.101. The average molecular weight is 380 g/mol. The number of hydrogen-bond donors (Lipinski definition) is 2. The van der Waals surface area contributed by atoms with E-state index in [-0.39, 0.29) is 11.7 Å². The van der Waals surface area contributed by atoms with Gasteiger partial charge in [-0.25, -0.2) is 4.98 Å². The number of Topliss-reactive ketones (excluding diaryl/α,β-unsaturated/α-hetero) is 1. The van der Waals surface area contributed by atoms with Gasteiger partial charge in [-0.3, -0.25) is 9.59 Å². The van der Waals surface area contributed by atoms with Crippen LogP contribution in [0.3, 0.4) is 0 Å². The lowest BCUT2D eigenvalue weighted by Gasteiger charge is -2.10. The number of halogens is 1. The molecule has 136 valence electrons. The number of aryl methyl sites for hydroxylation is 1. The molecule has 0 bridgehead atoms. The first-order chi connectivity index (χ1) is 12.9. The molecule has 6 heteroatoms. The van der Waals surface area contributed by atoms with Gasteiger partial charge in [-0.05, 0) is 61.9 Å². The molecule has 3 aromatic rings. The summed E-state index contributed by atoms with van der Waals surface area (Å²) in [6.07, 6.45) is 1.50. The SMILES string of the molecule is CC(=O)c1cccc(NC(=O)c2ccc(Nc3ccc(Cl)cc3C)nc2)c1. The molecule has 0 aliphatic heterocycles. The zero-order valence-corrected chi connectivity index (χ0v) is 15.7. The summed E-state index contributed by atoms with van der Waals surface area (Å²) in [5, 5.41) is 6.64. The Balaban J connectivity index is 1.70. The lowest BCUT2D eigenvalue weighted by atomic mass is 10.1. The topological polar surface area (TPSA) is 71.1 Å². The Kier molecular flexibility index (Phi) is 5.52. The molecule has 0 saturated heterocycles. The van der Waals surface area contributed by atoms with Gasteiger partial charge < -0.3 is 10.6 Å². The summed E-state index contributed by atoms with van der Waals surface area (Å²) in [5.41, 5.74) is 3.42. The Bertz CT molecular complexity index is 1000. The minimum atomic E-state index is -0.294. The van der Waals surface area contributed by atoms with Gasteiger partial charge in [0.1, 0.15) is 5.82 Å². The molecule has 0 aliphatic rings. The van der Waals surface area contributed by atoms with Crippen LogP contribution in [0.1, 0.15) is 33.2 Å². The van der Waals surface area contributed by atoms with Crippen molar-refractivity contribution in [3.8, 4) is 0 Å². The van der Waals surface area contributed by atoms with E-state index in [0.29, 0.717) is 27.7 Å². The van der Waals surface area contributed by atoms with E-state index in [9.17, 15) is 9.59 Å². The highest BCUT2D eigenvalue weighted by Gasteiger charge is 2.09. The Morgan fingerprint density at radius 2 is 1.81 bits per heavy atom. The van der Waals surface area contributed by atoms with Crippen molar-refractivity contribution < 1.29 is 9.59 Å². The van der Waals surface area contributed by atoms with E-state index < -0.39 is 0 Å². The van der Waals surface area contributed by atoms with Crippen LogP contribution >= 0.6 is 11.6 Å². The smallest absolute Gasteiger partial charge is 0.257 e. The molecule has 5 nitrogen and oxygen atoms in total. The van der Waals surface area contributed by atoms with Gasteiger partial charge in [-0.15, -0.1) is 0 Å². The summed E-state index contributed by atoms with van der Waals surface area (Å²) in [7, 11) is 0. The molecular weight excluding hydrogens is 362 g/mol. The van der Waals surface area contributed by atoms with Gasteiger partial charge in [-0.1, -0.05) is 23.7 Å². The van der Waals surface area contributed by atoms with Gasteiger partial charge in [0.05, 0.1) is 5.56 Å². The van der Waals surface area contributed by atoms with E-state index in [2.05, 4.69) is 15.6 Å². The number of aromatic nitrogens is 1. The molecule has 3 rings (SSSR count). The van der Waals surface area contributed by atoms with Crippen molar-refractivity contribution in [2.45, 2.75) is 13.8 Å². The second-order valence-corrected chi connectivity index (χ2v) is 6.54. The quantitative estimate of drug-likeness (QED) is 0.594. The van der Waals surface area contributed by atoms with Crippen LogP contribution in [0.15, 0.2) is 60.8 Å². The van der Waals surface area contributed by atoms with E-state index in [1.165, 1.54) is 13.1 Å². The van der Waals surface area contributed by atoms with Crippen molar-refractivity contribution >= 4 is 40.5 Å². The van der Waals surface area contributed by atoms with Crippen molar-refractivity contribution in [2.75, 3.05) is 10.6 Å². The number of rotatable bonds is 5. The molecule has 0 fully saturated rings. The number of amides is 1. The van der Waals surface area contributed by atoms with E-state index in [4.69, 9.17) is 11.6 Å². The maximum Gasteiger partial charge on any atom is 0.257 e. The van der Waals surface area contributed by atoms with E-state index in [1.807, 2.05) is 19.1 Å². The third-order valence-corrected chi connectivity index (χ3v) is 4.24. The van der Waals surface area contributed by atoms with Crippen LogP contribution in [0.25, 0.3) is 0 Å². The lowest BCUT2D eigenvalue weighted by Crippen LogP contribution is -2.12. The third-order valence-electron chi connectivity index (χ3n) is 4.00. The van der Waals surface area contributed by atoms with E-state index in [0.717, 1.165) is 11.3 Å². The number of nitrogens with zero attached hydrogens (tertiary/aromatic N) is 1. The monoisotopic (exact) mass is 379 g/mol. The zero-order valence-electron chi connectivity index (χ0n) is 14.9. The predicted molar refractivity (Wildman–Crippen MR) is 108 cm³/mol. The van der Waals surface area contributed by atoms with Crippen molar-refractivity contribution in [3.05, 3.63) is 82.5 Å². The maximum atomic E-state index is 12.4. The van der Waals surface area contributed by atoms with Crippen LogP contribution < -0.4 is 10.6 Å². The van der Waals surface area contributed by atoms with Crippen molar-refractivity contribution in [1.29, 1.82) is 0 Å². The van der Waals surface area contributed by atoms with E-state index >= 15 is 0 Å². The summed E-state index contributed by atoms with van der Waals surface area (Å²) in [6.45, 7) is 3.43. The number of carbonyl (C=O) groups excluding carboxylic acids is 2. The van der Waals surface area contributed by atoms with Gasteiger partial charge in [-0.2, -0.15) is 0 Å². The molecule has 2 N–H and O–H groups in total. The van der Waals surface area contributed by atoms with Gasteiger partial charge in [0.25, 0.3) is 5.91 Å². The number of anilines is 3. The van der Waals surface area contributed by atoms with Crippen molar-refractivity contribution in [1.82, 2.24) is 4.98 Å². The number of carbonyl (C=O) groups is 2. The Morgan fingerprint density at radius 1 is 1.00 bits per heavy atom. The zero-order chi connectivity index (χ0) is 19.4. The average Bonchev–Trinajstić information content (AvgIpc) is 2.65. The number of hydrogen-bond acceptors (Lipinski definition) is 4. The van der Waals surface area contributed by atoms with Gasteiger partial charge >= 0.3 is 0 Å². The van der Waals surface area contributed by atoms with Crippen molar-refractivity contribution in [2.24, 2.45) is 0 Å². The fraction of sp³-hybridized carbons (Fsp3) is 0.0952. The molecule has 0 radical (unpaired) electrons. The van der Waals surface area contributed by atoms with Crippen LogP contribution in [0.2, 0.25) is 5.02 Å². The molecule has 0 unspecified atom stereocenters. The van der Waals surface area contributed by atoms with E-state index in [1.54, 1.807) is 42.5 Å². The van der Waals surface area contributed by atoms with Crippen LogP contribution in [0.4, 0.5) is 17.2 Å². The number of benzene rings is 2. The Labute approximate surface area is 162 Å². The second kappa shape index (κ2) is 8.01. The standard InChI is InChI=1S/C21H18ClN3O2/c1-13-10-17(22)7-8-19(13)25-20-9-6-16(12-23-20)21(27)24-18-5-3-4-15(11-18)14(2)26/h3-12H,1-2H3,(H,23,25)(H,24,27). The fourth-order valence-electron chi connectivity index (χ4n) is 2.53. The van der Waals surface area contributed by atoms with Crippen LogP contribution in [-0.2, 0) is 0 Å². The first-order valence-electron chi connectivity index (χ1n) is 8.34. The van der Waals surface area contributed by atoms with Crippen LogP contribution in [-0.4, -0.2) is 16.7 Å². The molecule has 0 spiro atoms.